The van der Waals surface area contributed by atoms with Crippen LogP contribution in [-0.4, -0.2) is 31.1 Å². The average molecular weight is 286 g/mol. The summed E-state index contributed by atoms with van der Waals surface area (Å²) in [5, 5.41) is 8.65. The lowest BCUT2D eigenvalue weighted by atomic mass is 9.86. The minimum Gasteiger partial charge on any atom is -0.492 e. The Kier molecular flexibility index (Phi) is 6.07. The van der Waals surface area contributed by atoms with Crippen molar-refractivity contribution in [2.24, 2.45) is 5.92 Å². The third-order valence-corrected chi connectivity index (χ3v) is 4.45. The maximum Gasteiger partial charge on any atom is 0.119 e. The number of rotatable bonds is 6. The highest BCUT2D eigenvalue weighted by Gasteiger charge is 2.21. The van der Waals surface area contributed by atoms with Crippen LogP contribution in [0.4, 0.5) is 0 Å². The second kappa shape index (κ2) is 8.05. The minimum atomic E-state index is 0.461. The van der Waals surface area contributed by atoms with Gasteiger partial charge in [-0.25, -0.2) is 0 Å². The zero-order chi connectivity index (χ0) is 15.1. The number of nitrogens with zero attached hydrogens (tertiary/aromatic N) is 2. The summed E-state index contributed by atoms with van der Waals surface area (Å²) in [7, 11) is 2.21. The molecule has 2 rings (SSSR count). The van der Waals surface area contributed by atoms with E-state index in [4.69, 9.17) is 10.00 Å². The summed E-state index contributed by atoms with van der Waals surface area (Å²) < 4.78 is 5.80. The Morgan fingerprint density at radius 2 is 2.05 bits per heavy atom. The van der Waals surface area contributed by atoms with Crippen molar-refractivity contribution < 1.29 is 4.74 Å². The molecular formula is C18H26N2O. The molecule has 0 amide bonds. The SMILES string of the molecule is CC1CCCC(N(C)CCOc2ccc(CC#N)cc2)C1. The highest BCUT2D eigenvalue weighted by atomic mass is 16.5. The molecule has 0 N–H and O–H groups in total. The zero-order valence-electron chi connectivity index (χ0n) is 13.2. The van der Waals surface area contributed by atoms with Crippen LogP contribution in [0.2, 0.25) is 0 Å². The van der Waals surface area contributed by atoms with E-state index in [1.165, 1.54) is 25.7 Å². The highest BCUT2D eigenvalue weighted by Crippen LogP contribution is 2.26. The smallest absolute Gasteiger partial charge is 0.119 e. The Balaban J connectivity index is 1.72. The van der Waals surface area contributed by atoms with Crippen molar-refractivity contribution in [3.8, 4) is 11.8 Å². The summed E-state index contributed by atoms with van der Waals surface area (Å²) in [6.45, 7) is 4.05. The number of hydrogen-bond acceptors (Lipinski definition) is 3. The normalized spacial score (nSPS) is 22.0. The van der Waals surface area contributed by atoms with E-state index in [2.05, 4.69) is 24.9 Å². The first-order valence-corrected chi connectivity index (χ1v) is 7.98. The van der Waals surface area contributed by atoms with Crippen LogP contribution in [0.15, 0.2) is 24.3 Å². The van der Waals surface area contributed by atoms with E-state index in [9.17, 15) is 0 Å². The third-order valence-electron chi connectivity index (χ3n) is 4.45. The van der Waals surface area contributed by atoms with Gasteiger partial charge in [0.2, 0.25) is 0 Å². The van der Waals surface area contributed by atoms with E-state index < -0.39 is 0 Å². The largest absolute Gasteiger partial charge is 0.492 e. The van der Waals surface area contributed by atoms with E-state index in [1.54, 1.807) is 0 Å². The number of ether oxygens (including phenoxy) is 1. The summed E-state index contributed by atoms with van der Waals surface area (Å²) >= 11 is 0. The second-order valence-electron chi connectivity index (χ2n) is 6.23. The maximum absolute atomic E-state index is 8.65. The molecule has 0 radical (unpaired) electrons. The molecule has 0 bridgehead atoms. The van der Waals surface area contributed by atoms with Gasteiger partial charge in [-0.2, -0.15) is 5.26 Å². The molecule has 1 aliphatic rings. The van der Waals surface area contributed by atoms with Gasteiger partial charge in [-0.05, 0) is 43.5 Å². The zero-order valence-corrected chi connectivity index (χ0v) is 13.2. The average Bonchev–Trinajstić information content (AvgIpc) is 2.49. The fraction of sp³-hybridized carbons (Fsp3) is 0.611. The summed E-state index contributed by atoms with van der Waals surface area (Å²) in [4.78, 5) is 2.44. The van der Waals surface area contributed by atoms with Crippen molar-refractivity contribution in [1.82, 2.24) is 4.90 Å². The topological polar surface area (TPSA) is 36.3 Å². The van der Waals surface area contributed by atoms with Crippen LogP contribution >= 0.6 is 0 Å². The highest BCUT2D eigenvalue weighted by molar-refractivity contribution is 5.28. The second-order valence-corrected chi connectivity index (χ2v) is 6.23. The van der Waals surface area contributed by atoms with Crippen molar-refractivity contribution in [2.75, 3.05) is 20.2 Å². The van der Waals surface area contributed by atoms with Gasteiger partial charge in [0.1, 0.15) is 12.4 Å². The van der Waals surface area contributed by atoms with Gasteiger partial charge in [-0.1, -0.05) is 31.9 Å². The molecule has 0 saturated heterocycles. The Labute approximate surface area is 128 Å². The molecule has 1 aromatic carbocycles. The molecule has 0 aromatic heterocycles. The van der Waals surface area contributed by atoms with E-state index >= 15 is 0 Å². The number of likely N-dealkylation sites (N-methyl/N-ethyl adjacent to an activating group) is 1. The van der Waals surface area contributed by atoms with Gasteiger partial charge in [-0.15, -0.1) is 0 Å². The summed E-state index contributed by atoms with van der Waals surface area (Å²) in [5.41, 5.74) is 1.04. The molecule has 1 saturated carbocycles. The molecule has 21 heavy (non-hydrogen) atoms. The summed E-state index contributed by atoms with van der Waals surface area (Å²) in [6, 6.07) is 10.7. The van der Waals surface area contributed by atoms with Crippen molar-refractivity contribution in [2.45, 2.75) is 45.1 Å². The maximum atomic E-state index is 8.65. The lowest BCUT2D eigenvalue weighted by Crippen LogP contribution is -2.37. The third kappa shape index (κ3) is 5.06. The van der Waals surface area contributed by atoms with Crippen molar-refractivity contribution in [3.63, 3.8) is 0 Å². The van der Waals surface area contributed by atoms with Crippen LogP contribution in [0.5, 0.6) is 5.75 Å². The molecule has 0 spiro atoms. The van der Waals surface area contributed by atoms with Crippen LogP contribution in [0.3, 0.4) is 0 Å². The predicted molar refractivity (Wildman–Crippen MR) is 85.3 cm³/mol. The number of benzene rings is 1. The summed E-state index contributed by atoms with van der Waals surface area (Å²) in [6.07, 6.45) is 5.85. The minimum absolute atomic E-state index is 0.461. The standard InChI is InChI=1S/C18H26N2O/c1-15-4-3-5-17(14-15)20(2)12-13-21-18-8-6-16(7-9-18)10-11-19/h6-9,15,17H,3-5,10,12-14H2,1-2H3. The van der Waals surface area contributed by atoms with E-state index in [1.807, 2.05) is 24.3 Å². The lowest BCUT2D eigenvalue weighted by molar-refractivity contribution is 0.141. The summed E-state index contributed by atoms with van der Waals surface area (Å²) in [5.74, 6) is 1.75. The van der Waals surface area contributed by atoms with Gasteiger partial charge >= 0.3 is 0 Å². The van der Waals surface area contributed by atoms with Gasteiger partial charge in [0, 0.05) is 12.6 Å². The van der Waals surface area contributed by atoms with Crippen molar-refractivity contribution in [1.29, 1.82) is 5.26 Å². The van der Waals surface area contributed by atoms with E-state index in [-0.39, 0.29) is 0 Å². The molecule has 1 fully saturated rings. The molecule has 3 nitrogen and oxygen atoms in total. The quantitative estimate of drug-likeness (QED) is 0.801. The van der Waals surface area contributed by atoms with Gasteiger partial charge in [0.15, 0.2) is 0 Å². The number of nitriles is 1. The Morgan fingerprint density at radius 3 is 2.71 bits per heavy atom. The molecule has 1 aliphatic carbocycles. The molecule has 2 unspecified atom stereocenters. The fourth-order valence-corrected chi connectivity index (χ4v) is 3.09. The van der Waals surface area contributed by atoms with Crippen LogP contribution in [0.25, 0.3) is 0 Å². The van der Waals surface area contributed by atoms with Gasteiger partial charge in [0.05, 0.1) is 12.5 Å². The molecule has 0 heterocycles. The van der Waals surface area contributed by atoms with E-state index in [0.717, 1.165) is 36.4 Å². The van der Waals surface area contributed by atoms with Crippen molar-refractivity contribution in [3.05, 3.63) is 29.8 Å². The van der Waals surface area contributed by atoms with Crippen LogP contribution in [0, 0.1) is 17.2 Å². The Bertz CT molecular complexity index is 463. The fourth-order valence-electron chi connectivity index (χ4n) is 3.09. The molecule has 2 atom stereocenters. The van der Waals surface area contributed by atoms with Gasteiger partial charge in [-0.3, -0.25) is 0 Å². The lowest BCUT2D eigenvalue weighted by Gasteiger charge is -2.34. The van der Waals surface area contributed by atoms with E-state index in [0.29, 0.717) is 6.42 Å². The van der Waals surface area contributed by atoms with Gasteiger partial charge in [0.25, 0.3) is 0 Å². The predicted octanol–water partition coefficient (Wildman–Crippen LogP) is 3.64. The van der Waals surface area contributed by atoms with Crippen molar-refractivity contribution >= 4 is 0 Å². The first kappa shape index (κ1) is 15.9. The van der Waals surface area contributed by atoms with Crippen LogP contribution in [-0.2, 0) is 6.42 Å². The molecular weight excluding hydrogens is 260 g/mol. The first-order valence-electron chi connectivity index (χ1n) is 7.98. The van der Waals surface area contributed by atoms with Crippen LogP contribution in [0.1, 0.15) is 38.2 Å². The Hall–Kier alpha value is -1.53. The number of hydrogen-bond donors (Lipinski definition) is 0. The molecule has 1 aromatic rings. The molecule has 0 aliphatic heterocycles. The first-order chi connectivity index (χ1) is 10.2. The molecule has 114 valence electrons. The Morgan fingerprint density at radius 1 is 1.29 bits per heavy atom. The van der Waals surface area contributed by atoms with Gasteiger partial charge < -0.3 is 9.64 Å². The van der Waals surface area contributed by atoms with Crippen LogP contribution < -0.4 is 4.74 Å². The monoisotopic (exact) mass is 286 g/mol. The molecule has 3 heteroatoms.